The fourth-order valence-corrected chi connectivity index (χ4v) is 3.96. The van der Waals surface area contributed by atoms with Gasteiger partial charge in [-0.15, -0.1) is 12.8 Å². The molecule has 38 heavy (non-hydrogen) atoms. The average Bonchev–Trinajstić information content (AvgIpc) is 3.51. The summed E-state index contributed by atoms with van der Waals surface area (Å²) in [6, 6.07) is 25.2. The maximum Gasteiger partial charge on any atom is 0.253 e. The molecule has 1 fully saturated rings. The van der Waals surface area contributed by atoms with Gasteiger partial charge in [0.1, 0.15) is 5.75 Å². The Balaban J connectivity index is 0.000000481. The number of rotatable bonds is 9. The summed E-state index contributed by atoms with van der Waals surface area (Å²) in [6.07, 6.45) is 10.9. The van der Waals surface area contributed by atoms with Crippen molar-refractivity contribution in [2.24, 2.45) is 0 Å². The zero-order valence-corrected chi connectivity index (χ0v) is 22.5. The topological polar surface area (TPSA) is 70.7 Å². The summed E-state index contributed by atoms with van der Waals surface area (Å²) in [6.45, 7) is 5.82. The molecular weight excluding hydrogens is 474 g/mol. The number of hydrogen-bond acceptors (Lipinski definition) is 4. The second kappa shape index (κ2) is 17.4. The van der Waals surface area contributed by atoms with Crippen LogP contribution in [0.4, 0.5) is 0 Å². The van der Waals surface area contributed by atoms with Gasteiger partial charge in [0.25, 0.3) is 11.8 Å². The number of likely N-dealkylation sites (tertiary alicyclic amines) is 1. The third-order valence-electron chi connectivity index (χ3n) is 5.98. The number of aryl methyl sites for hydroxylation is 1. The van der Waals surface area contributed by atoms with Gasteiger partial charge in [-0.25, -0.2) is 0 Å². The van der Waals surface area contributed by atoms with Crippen LogP contribution in [0.3, 0.4) is 0 Å². The Hall–Kier alpha value is -4.08. The number of nitrogens with zero attached hydrogens (tertiary/aromatic N) is 1. The van der Waals surface area contributed by atoms with Crippen LogP contribution in [0.1, 0.15) is 51.1 Å². The maximum absolute atomic E-state index is 12.5. The first kappa shape index (κ1) is 30.1. The summed E-state index contributed by atoms with van der Waals surface area (Å²) in [7, 11) is 1.66. The summed E-state index contributed by atoms with van der Waals surface area (Å²) in [5.74, 6) is 0.717. The van der Waals surface area contributed by atoms with Crippen molar-refractivity contribution in [1.29, 1.82) is 0 Å². The third-order valence-corrected chi connectivity index (χ3v) is 5.98. The molecule has 0 saturated carbocycles. The number of methoxy groups -OCH3 is 1. The molecule has 0 unspecified atom stereocenters. The van der Waals surface area contributed by atoms with E-state index < -0.39 is 0 Å². The van der Waals surface area contributed by atoms with E-state index in [4.69, 9.17) is 4.74 Å². The van der Waals surface area contributed by atoms with Crippen LogP contribution in [-0.2, 0) is 6.54 Å². The number of terminal acetylenes is 1. The van der Waals surface area contributed by atoms with Crippen molar-refractivity contribution in [2.75, 3.05) is 33.3 Å². The van der Waals surface area contributed by atoms with Crippen molar-refractivity contribution in [3.8, 4) is 18.6 Å². The number of benzene rings is 3. The number of carbonyl (C=O) groups is 2. The fourth-order valence-electron chi connectivity index (χ4n) is 3.96. The number of ether oxygens (including phenoxy) is 1. The number of carbonyl (C=O) groups excluding carboxylic acids is 2. The lowest BCUT2D eigenvalue weighted by Gasteiger charge is -2.15. The molecule has 200 valence electrons. The van der Waals surface area contributed by atoms with Crippen molar-refractivity contribution in [3.05, 3.63) is 101 Å². The largest absolute Gasteiger partial charge is 0.497 e. The van der Waals surface area contributed by atoms with Gasteiger partial charge in [0.15, 0.2) is 0 Å². The lowest BCUT2D eigenvalue weighted by atomic mass is 10.1. The molecule has 0 radical (unpaired) electrons. The van der Waals surface area contributed by atoms with Crippen LogP contribution >= 0.6 is 0 Å². The molecule has 0 aromatic heterocycles. The summed E-state index contributed by atoms with van der Waals surface area (Å²) in [5, 5.41) is 6.29. The molecule has 6 nitrogen and oxygen atoms in total. The van der Waals surface area contributed by atoms with Gasteiger partial charge in [-0.1, -0.05) is 54.1 Å². The van der Waals surface area contributed by atoms with Gasteiger partial charge < -0.3 is 20.3 Å². The Bertz CT molecular complexity index is 1140. The van der Waals surface area contributed by atoms with Gasteiger partial charge in [-0.2, -0.15) is 0 Å². The van der Waals surface area contributed by atoms with Crippen molar-refractivity contribution in [3.63, 3.8) is 0 Å². The van der Waals surface area contributed by atoms with E-state index in [1.165, 1.54) is 5.56 Å². The highest BCUT2D eigenvalue weighted by Crippen LogP contribution is 2.14. The zero-order chi connectivity index (χ0) is 27.6. The van der Waals surface area contributed by atoms with Crippen LogP contribution in [0.25, 0.3) is 0 Å². The minimum atomic E-state index is -0.145. The normalized spacial score (nSPS) is 11.8. The van der Waals surface area contributed by atoms with E-state index in [0.717, 1.165) is 56.8 Å². The van der Waals surface area contributed by atoms with Crippen LogP contribution in [0.15, 0.2) is 78.9 Å². The van der Waals surface area contributed by atoms with E-state index >= 15 is 0 Å². The number of amides is 2. The van der Waals surface area contributed by atoms with E-state index in [1.807, 2.05) is 47.4 Å². The second-order valence-electron chi connectivity index (χ2n) is 8.87. The van der Waals surface area contributed by atoms with Gasteiger partial charge in [0.2, 0.25) is 0 Å². The minimum Gasteiger partial charge on any atom is -0.497 e. The lowest BCUT2D eigenvalue weighted by Crippen LogP contribution is -2.29. The average molecular weight is 514 g/mol. The quantitative estimate of drug-likeness (QED) is 0.309. The van der Waals surface area contributed by atoms with Crippen molar-refractivity contribution >= 4 is 11.8 Å². The van der Waals surface area contributed by atoms with E-state index in [1.54, 1.807) is 31.4 Å². The molecular formula is C32H39N3O3. The van der Waals surface area contributed by atoms with Crippen molar-refractivity contribution < 1.29 is 14.3 Å². The standard InChI is InChI=1S/C23H29N3O3.C7H8.C2H2/c1-29-21-10-4-7-18(15-21)17-24-11-6-12-25-22(27)19-8-5-9-20(16-19)23(28)26-13-2-3-14-26;1-7-5-3-2-4-6-7;1-2/h4-5,7-10,15-16,24H,2-3,6,11-14,17H2,1H3,(H,25,27);2-6H,1H3;1-2H. The molecule has 3 aromatic rings. The van der Waals surface area contributed by atoms with Gasteiger partial charge >= 0.3 is 0 Å². The Labute approximate surface area is 227 Å². The molecule has 1 aliphatic heterocycles. The predicted molar refractivity (Wildman–Crippen MR) is 154 cm³/mol. The summed E-state index contributed by atoms with van der Waals surface area (Å²) < 4.78 is 5.22. The third kappa shape index (κ3) is 10.5. The lowest BCUT2D eigenvalue weighted by molar-refractivity contribution is 0.0793. The first-order valence-electron chi connectivity index (χ1n) is 12.9. The summed E-state index contributed by atoms with van der Waals surface area (Å²) in [4.78, 5) is 26.7. The van der Waals surface area contributed by atoms with Crippen LogP contribution in [0.2, 0.25) is 0 Å². The van der Waals surface area contributed by atoms with E-state index in [-0.39, 0.29) is 11.8 Å². The Morgan fingerprint density at radius 1 is 0.868 bits per heavy atom. The zero-order valence-electron chi connectivity index (χ0n) is 22.5. The number of hydrogen-bond donors (Lipinski definition) is 2. The predicted octanol–water partition coefficient (Wildman–Crippen LogP) is 5.09. The van der Waals surface area contributed by atoms with Gasteiger partial charge in [-0.3, -0.25) is 9.59 Å². The molecule has 0 aliphatic carbocycles. The first-order chi connectivity index (χ1) is 18.6. The van der Waals surface area contributed by atoms with Crippen molar-refractivity contribution in [1.82, 2.24) is 15.5 Å². The molecule has 0 bridgehead atoms. The molecule has 1 heterocycles. The molecule has 0 atom stereocenters. The van der Waals surface area contributed by atoms with Crippen molar-refractivity contribution in [2.45, 2.75) is 32.7 Å². The Morgan fingerprint density at radius 2 is 1.55 bits per heavy atom. The molecule has 2 amide bonds. The molecule has 1 saturated heterocycles. The van der Waals surface area contributed by atoms with Crippen LogP contribution in [-0.4, -0.2) is 50.0 Å². The summed E-state index contributed by atoms with van der Waals surface area (Å²) >= 11 is 0. The second-order valence-corrected chi connectivity index (χ2v) is 8.87. The SMILES string of the molecule is C#C.COc1cccc(CNCCCNC(=O)c2cccc(C(=O)N3CCCC3)c2)c1.Cc1ccccc1. The maximum atomic E-state index is 12.5. The van der Waals surface area contributed by atoms with Gasteiger partial charge in [0, 0.05) is 37.3 Å². The molecule has 4 rings (SSSR count). The summed E-state index contributed by atoms with van der Waals surface area (Å²) in [5.41, 5.74) is 3.59. The molecule has 6 heteroatoms. The highest BCUT2D eigenvalue weighted by atomic mass is 16.5. The van der Waals surface area contributed by atoms with Gasteiger partial charge in [0.05, 0.1) is 7.11 Å². The van der Waals surface area contributed by atoms with Crippen LogP contribution in [0.5, 0.6) is 5.75 Å². The fraction of sp³-hybridized carbons (Fsp3) is 0.312. The molecule has 2 N–H and O–H groups in total. The monoisotopic (exact) mass is 513 g/mol. The number of nitrogens with one attached hydrogen (secondary N) is 2. The highest BCUT2D eigenvalue weighted by molar-refractivity contribution is 5.99. The Kier molecular flexibility index (Phi) is 13.8. The highest BCUT2D eigenvalue weighted by Gasteiger charge is 2.20. The van der Waals surface area contributed by atoms with E-state index in [2.05, 4.69) is 42.5 Å². The molecule has 1 aliphatic rings. The van der Waals surface area contributed by atoms with Crippen LogP contribution < -0.4 is 15.4 Å². The van der Waals surface area contributed by atoms with Gasteiger partial charge in [-0.05, 0) is 68.6 Å². The van der Waals surface area contributed by atoms with E-state index in [0.29, 0.717) is 17.7 Å². The minimum absolute atomic E-state index is 0.0129. The van der Waals surface area contributed by atoms with Crippen LogP contribution in [0, 0.1) is 19.8 Å². The smallest absolute Gasteiger partial charge is 0.253 e. The first-order valence-corrected chi connectivity index (χ1v) is 12.9. The Morgan fingerprint density at radius 3 is 2.21 bits per heavy atom. The molecule has 0 spiro atoms. The van der Waals surface area contributed by atoms with E-state index in [9.17, 15) is 9.59 Å². The molecule has 3 aromatic carbocycles.